The fraction of sp³-hybridized carbons (Fsp3) is 0.571. The van der Waals surface area contributed by atoms with Crippen LogP contribution < -0.4 is 10.6 Å². The van der Waals surface area contributed by atoms with Gasteiger partial charge in [0, 0.05) is 5.69 Å². The third-order valence-corrected chi connectivity index (χ3v) is 3.57. The molecule has 18 heavy (non-hydrogen) atoms. The smallest absolute Gasteiger partial charge is 0.242 e. The molecule has 0 radical (unpaired) electrons. The number of nitrogens with one attached hydrogen (secondary N) is 2. The van der Waals surface area contributed by atoms with Gasteiger partial charge in [0.15, 0.2) is 0 Å². The second kappa shape index (κ2) is 5.06. The van der Waals surface area contributed by atoms with Crippen LogP contribution in [0.25, 0.3) is 0 Å². The van der Waals surface area contributed by atoms with Gasteiger partial charge in [-0.2, -0.15) is 0 Å². The van der Waals surface area contributed by atoms with Crippen LogP contribution >= 0.6 is 0 Å². The van der Waals surface area contributed by atoms with Gasteiger partial charge in [0.05, 0.1) is 17.9 Å². The highest BCUT2D eigenvalue weighted by Gasteiger charge is 2.36. The Kier molecular flexibility index (Phi) is 3.66. The van der Waals surface area contributed by atoms with E-state index in [4.69, 9.17) is 0 Å². The van der Waals surface area contributed by atoms with Crippen LogP contribution in [0.5, 0.6) is 0 Å². The number of aryl methyl sites for hydroxylation is 1. The van der Waals surface area contributed by atoms with E-state index in [1.807, 2.05) is 19.1 Å². The molecule has 1 aromatic rings. The molecular weight excluding hydrogens is 226 g/mol. The highest BCUT2D eigenvalue weighted by atomic mass is 16.2. The van der Waals surface area contributed by atoms with Gasteiger partial charge in [-0.3, -0.25) is 9.78 Å². The molecule has 0 aliphatic carbocycles. The SMILES string of the molecule is Cc1ccc(NC(=O)C2NCCCC2(C)C)cn1. The molecule has 2 rings (SSSR count). The Hall–Kier alpha value is -1.42. The van der Waals surface area contributed by atoms with Crippen molar-refractivity contribution < 1.29 is 4.79 Å². The number of hydrogen-bond acceptors (Lipinski definition) is 3. The van der Waals surface area contributed by atoms with Crippen molar-refractivity contribution in [2.75, 3.05) is 11.9 Å². The summed E-state index contributed by atoms with van der Waals surface area (Å²) in [6, 6.07) is 3.65. The Morgan fingerprint density at radius 3 is 2.89 bits per heavy atom. The van der Waals surface area contributed by atoms with Gasteiger partial charge in [0.25, 0.3) is 0 Å². The molecule has 4 nitrogen and oxygen atoms in total. The Morgan fingerprint density at radius 2 is 2.28 bits per heavy atom. The summed E-state index contributed by atoms with van der Waals surface area (Å²) < 4.78 is 0. The van der Waals surface area contributed by atoms with E-state index in [2.05, 4.69) is 29.5 Å². The van der Waals surface area contributed by atoms with Gasteiger partial charge >= 0.3 is 0 Å². The van der Waals surface area contributed by atoms with Crippen molar-refractivity contribution in [3.05, 3.63) is 24.0 Å². The van der Waals surface area contributed by atoms with Crippen LogP contribution in [0.3, 0.4) is 0 Å². The van der Waals surface area contributed by atoms with E-state index in [0.29, 0.717) is 0 Å². The van der Waals surface area contributed by atoms with Gasteiger partial charge in [-0.1, -0.05) is 13.8 Å². The highest BCUT2D eigenvalue weighted by molar-refractivity contribution is 5.95. The fourth-order valence-corrected chi connectivity index (χ4v) is 2.41. The zero-order chi connectivity index (χ0) is 13.2. The number of anilines is 1. The fourth-order valence-electron chi connectivity index (χ4n) is 2.41. The minimum absolute atomic E-state index is 0.000455. The van der Waals surface area contributed by atoms with E-state index in [1.165, 1.54) is 0 Å². The maximum absolute atomic E-state index is 12.3. The van der Waals surface area contributed by atoms with Crippen molar-refractivity contribution in [3.8, 4) is 0 Å². The van der Waals surface area contributed by atoms with Crippen LogP contribution in [0.1, 0.15) is 32.4 Å². The lowest BCUT2D eigenvalue weighted by Crippen LogP contribution is -2.53. The van der Waals surface area contributed by atoms with Gasteiger partial charge in [-0.25, -0.2) is 0 Å². The summed E-state index contributed by atoms with van der Waals surface area (Å²) in [5, 5.41) is 6.24. The van der Waals surface area contributed by atoms with E-state index in [0.717, 1.165) is 30.8 Å². The number of rotatable bonds is 2. The summed E-state index contributed by atoms with van der Waals surface area (Å²) in [5.41, 5.74) is 1.71. The van der Waals surface area contributed by atoms with Crippen molar-refractivity contribution in [1.29, 1.82) is 0 Å². The van der Waals surface area contributed by atoms with Crippen molar-refractivity contribution in [2.45, 2.75) is 39.7 Å². The predicted octanol–water partition coefficient (Wildman–Crippen LogP) is 2.11. The molecule has 0 saturated carbocycles. The largest absolute Gasteiger partial charge is 0.323 e. The molecule has 1 aromatic heterocycles. The normalized spacial score (nSPS) is 22.5. The minimum atomic E-state index is -0.132. The molecule has 2 N–H and O–H groups in total. The second-order valence-corrected chi connectivity index (χ2v) is 5.66. The van der Waals surface area contributed by atoms with Crippen molar-refractivity contribution in [2.24, 2.45) is 5.41 Å². The molecule has 0 bridgehead atoms. The molecule has 1 aliphatic heterocycles. The lowest BCUT2D eigenvalue weighted by Gasteiger charge is -2.38. The maximum atomic E-state index is 12.3. The minimum Gasteiger partial charge on any atom is -0.323 e. The Balaban J connectivity index is 2.05. The number of amides is 1. The van der Waals surface area contributed by atoms with Gasteiger partial charge in [-0.15, -0.1) is 0 Å². The van der Waals surface area contributed by atoms with E-state index in [1.54, 1.807) is 6.20 Å². The summed E-state index contributed by atoms with van der Waals surface area (Å²) >= 11 is 0. The molecule has 98 valence electrons. The molecule has 0 aromatic carbocycles. The quantitative estimate of drug-likeness (QED) is 0.841. The zero-order valence-electron chi connectivity index (χ0n) is 11.3. The average molecular weight is 247 g/mol. The third-order valence-electron chi connectivity index (χ3n) is 3.57. The first-order valence-electron chi connectivity index (χ1n) is 6.46. The molecule has 0 spiro atoms. The first-order valence-corrected chi connectivity index (χ1v) is 6.46. The number of aromatic nitrogens is 1. The van der Waals surface area contributed by atoms with Gasteiger partial charge in [0.1, 0.15) is 0 Å². The summed E-state index contributed by atoms with van der Waals surface area (Å²) in [4.78, 5) is 16.4. The molecular formula is C14H21N3O. The highest BCUT2D eigenvalue weighted by Crippen LogP contribution is 2.30. The van der Waals surface area contributed by atoms with E-state index < -0.39 is 0 Å². The Labute approximate surface area is 108 Å². The van der Waals surface area contributed by atoms with Crippen molar-refractivity contribution in [1.82, 2.24) is 10.3 Å². The van der Waals surface area contributed by atoms with Crippen LogP contribution in [0.2, 0.25) is 0 Å². The first kappa shape index (κ1) is 13.0. The topological polar surface area (TPSA) is 54.0 Å². The number of hydrogen-bond donors (Lipinski definition) is 2. The monoisotopic (exact) mass is 247 g/mol. The summed E-state index contributed by atoms with van der Waals surface area (Å²) in [5.74, 6) is 0.0327. The molecule has 1 fully saturated rings. The molecule has 1 atom stereocenters. The first-order chi connectivity index (χ1) is 8.49. The summed E-state index contributed by atoms with van der Waals surface area (Å²) in [6.45, 7) is 7.11. The Morgan fingerprint density at radius 1 is 1.50 bits per heavy atom. The zero-order valence-corrected chi connectivity index (χ0v) is 11.3. The molecule has 2 heterocycles. The Bertz CT molecular complexity index is 425. The summed E-state index contributed by atoms with van der Waals surface area (Å²) in [7, 11) is 0. The lowest BCUT2D eigenvalue weighted by atomic mass is 9.77. The lowest BCUT2D eigenvalue weighted by molar-refractivity contribution is -0.121. The second-order valence-electron chi connectivity index (χ2n) is 5.66. The maximum Gasteiger partial charge on any atom is 0.242 e. The van der Waals surface area contributed by atoms with Crippen LogP contribution in [0, 0.1) is 12.3 Å². The van der Waals surface area contributed by atoms with Gasteiger partial charge in [0.2, 0.25) is 5.91 Å². The molecule has 4 heteroatoms. The van der Waals surface area contributed by atoms with Gasteiger partial charge < -0.3 is 10.6 Å². The molecule has 1 saturated heterocycles. The standard InChI is InChI=1S/C14H21N3O/c1-10-5-6-11(9-16-10)17-13(18)12-14(2,3)7-4-8-15-12/h5-6,9,12,15H,4,7-8H2,1-3H3,(H,17,18). The van der Waals surface area contributed by atoms with Gasteiger partial charge in [-0.05, 0) is 43.9 Å². The molecule has 1 amide bonds. The number of carbonyl (C=O) groups is 1. The van der Waals surface area contributed by atoms with Crippen molar-refractivity contribution >= 4 is 11.6 Å². The number of nitrogens with zero attached hydrogens (tertiary/aromatic N) is 1. The third kappa shape index (κ3) is 2.88. The number of pyridine rings is 1. The predicted molar refractivity (Wildman–Crippen MR) is 72.4 cm³/mol. The van der Waals surface area contributed by atoms with E-state index >= 15 is 0 Å². The molecule has 1 unspecified atom stereocenters. The molecule has 1 aliphatic rings. The van der Waals surface area contributed by atoms with E-state index in [-0.39, 0.29) is 17.4 Å². The van der Waals surface area contributed by atoms with E-state index in [9.17, 15) is 4.79 Å². The van der Waals surface area contributed by atoms with Crippen LogP contribution in [0.15, 0.2) is 18.3 Å². The number of piperidine rings is 1. The van der Waals surface area contributed by atoms with Crippen LogP contribution in [0.4, 0.5) is 5.69 Å². The van der Waals surface area contributed by atoms with Crippen LogP contribution in [-0.4, -0.2) is 23.5 Å². The van der Waals surface area contributed by atoms with Crippen molar-refractivity contribution in [3.63, 3.8) is 0 Å². The summed E-state index contributed by atoms with van der Waals surface area (Å²) in [6.07, 6.45) is 3.90. The average Bonchev–Trinajstić information content (AvgIpc) is 2.31. The van der Waals surface area contributed by atoms with Crippen LogP contribution in [-0.2, 0) is 4.79 Å². The number of carbonyl (C=O) groups excluding carboxylic acids is 1.